The van der Waals surface area contributed by atoms with Gasteiger partial charge in [0.1, 0.15) is 11.6 Å². The summed E-state index contributed by atoms with van der Waals surface area (Å²) in [6, 6.07) is 10.5. The van der Waals surface area contributed by atoms with Crippen LogP contribution < -0.4 is 0 Å². The number of hydrogen-bond donors (Lipinski definition) is 1. The molecule has 0 aliphatic carbocycles. The highest BCUT2D eigenvalue weighted by molar-refractivity contribution is 6.30. The summed E-state index contributed by atoms with van der Waals surface area (Å²) >= 11 is 5.80. The van der Waals surface area contributed by atoms with Crippen molar-refractivity contribution in [1.82, 2.24) is 0 Å². The van der Waals surface area contributed by atoms with Crippen LogP contribution in [0.1, 0.15) is 17.0 Å². The van der Waals surface area contributed by atoms with E-state index in [1.165, 1.54) is 12.1 Å². The predicted molar refractivity (Wildman–Crippen MR) is 71.3 cm³/mol. The molecule has 0 aliphatic rings. The van der Waals surface area contributed by atoms with Gasteiger partial charge in [0.25, 0.3) is 0 Å². The predicted octanol–water partition coefficient (Wildman–Crippen LogP) is 3.94. The lowest BCUT2D eigenvalue weighted by Crippen LogP contribution is -2.09. The van der Waals surface area contributed by atoms with Crippen molar-refractivity contribution in [3.8, 4) is 0 Å². The molecule has 1 nitrogen and oxygen atoms in total. The smallest absolute Gasteiger partial charge is 0.129 e. The van der Waals surface area contributed by atoms with Gasteiger partial charge in [-0.3, -0.25) is 0 Å². The molecule has 19 heavy (non-hydrogen) atoms. The second kappa shape index (κ2) is 6.13. The van der Waals surface area contributed by atoms with Crippen molar-refractivity contribution >= 4 is 11.6 Å². The van der Waals surface area contributed by atoms with Gasteiger partial charge in [-0.25, -0.2) is 8.78 Å². The number of aliphatic hydroxyl groups is 1. The van der Waals surface area contributed by atoms with Crippen molar-refractivity contribution < 1.29 is 13.9 Å². The Hall–Kier alpha value is -1.45. The average Bonchev–Trinajstić information content (AvgIpc) is 2.39. The molecule has 2 aromatic rings. The van der Waals surface area contributed by atoms with E-state index >= 15 is 0 Å². The first kappa shape index (κ1) is 14.0. The fourth-order valence-corrected chi connectivity index (χ4v) is 2.10. The monoisotopic (exact) mass is 282 g/mol. The minimum atomic E-state index is -0.603. The van der Waals surface area contributed by atoms with Crippen LogP contribution in [-0.2, 0) is 6.42 Å². The summed E-state index contributed by atoms with van der Waals surface area (Å²) in [6.07, 6.45) is 0.310. The Kier molecular flexibility index (Phi) is 4.51. The van der Waals surface area contributed by atoms with Gasteiger partial charge < -0.3 is 5.11 Å². The van der Waals surface area contributed by atoms with Crippen LogP contribution in [0, 0.1) is 11.6 Å². The third-order valence-electron chi connectivity index (χ3n) is 3.04. The Balaban J connectivity index is 2.21. The Bertz CT molecular complexity index is 555. The summed E-state index contributed by atoms with van der Waals surface area (Å²) in [4.78, 5) is 0. The minimum Gasteiger partial charge on any atom is -0.396 e. The van der Waals surface area contributed by atoms with Gasteiger partial charge in [0.15, 0.2) is 0 Å². The molecule has 0 radical (unpaired) electrons. The topological polar surface area (TPSA) is 20.2 Å². The summed E-state index contributed by atoms with van der Waals surface area (Å²) in [6.45, 7) is -0.113. The molecular formula is C15H13ClF2O. The normalized spacial score (nSPS) is 12.4. The molecule has 0 fully saturated rings. The molecule has 0 saturated heterocycles. The molecule has 0 spiro atoms. The number of benzene rings is 2. The molecule has 0 heterocycles. The molecule has 4 heteroatoms. The highest BCUT2D eigenvalue weighted by Gasteiger charge is 2.14. The molecular weight excluding hydrogens is 270 g/mol. The largest absolute Gasteiger partial charge is 0.396 e. The summed E-state index contributed by atoms with van der Waals surface area (Å²) < 4.78 is 26.4. The van der Waals surface area contributed by atoms with Crippen LogP contribution >= 0.6 is 11.6 Å². The number of aliphatic hydroxyl groups excluding tert-OH is 1. The van der Waals surface area contributed by atoms with Gasteiger partial charge in [0.05, 0.1) is 6.61 Å². The van der Waals surface area contributed by atoms with E-state index in [1.807, 2.05) is 0 Å². The molecule has 2 rings (SSSR count). The lowest BCUT2D eigenvalue weighted by molar-refractivity contribution is 0.263. The van der Waals surface area contributed by atoms with Crippen LogP contribution in [-0.4, -0.2) is 11.7 Å². The van der Waals surface area contributed by atoms with E-state index in [-0.39, 0.29) is 12.5 Å². The number of halogens is 3. The second-order valence-electron chi connectivity index (χ2n) is 4.37. The third-order valence-corrected chi connectivity index (χ3v) is 3.30. The molecule has 1 atom stereocenters. The molecule has 0 amide bonds. The average molecular weight is 283 g/mol. The summed E-state index contributed by atoms with van der Waals surface area (Å²) in [5.41, 5.74) is 1.26. The SMILES string of the molecule is OCC(Cc1ccc(F)cc1F)c1ccc(Cl)cc1. The maximum atomic E-state index is 13.6. The van der Waals surface area contributed by atoms with Crippen molar-refractivity contribution in [3.63, 3.8) is 0 Å². The van der Waals surface area contributed by atoms with Crippen LogP contribution in [0.5, 0.6) is 0 Å². The molecule has 100 valence electrons. The van der Waals surface area contributed by atoms with Gasteiger partial charge in [-0.1, -0.05) is 29.8 Å². The maximum Gasteiger partial charge on any atom is 0.129 e. The molecule has 0 bridgehead atoms. The van der Waals surface area contributed by atoms with Gasteiger partial charge in [-0.2, -0.15) is 0 Å². The standard InChI is InChI=1S/C15H13ClF2O/c16-13-4-1-10(2-5-13)12(9-19)7-11-3-6-14(17)8-15(11)18/h1-6,8,12,19H,7,9H2. The number of hydrogen-bond acceptors (Lipinski definition) is 1. The fraction of sp³-hybridized carbons (Fsp3) is 0.200. The first-order chi connectivity index (χ1) is 9.10. The van der Waals surface area contributed by atoms with E-state index < -0.39 is 11.6 Å². The zero-order valence-electron chi connectivity index (χ0n) is 10.1. The van der Waals surface area contributed by atoms with Crippen molar-refractivity contribution in [2.45, 2.75) is 12.3 Å². The van der Waals surface area contributed by atoms with Crippen LogP contribution in [0.3, 0.4) is 0 Å². The van der Waals surface area contributed by atoms with Gasteiger partial charge in [-0.15, -0.1) is 0 Å². The van der Waals surface area contributed by atoms with Crippen molar-refractivity contribution in [1.29, 1.82) is 0 Å². The van der Waals surface area contributed by atoms with Crippen LogP contribution in [0.15, 0.2) is 42.5 Å². The Morgan fingerprint density at radius 2 is 1.74 bits per heavy atom. The van der Waals surface area contributed by atoms with Gasteiger partial charge in [0.2, 0.25) is 0 Å². The van der Waals surface area contributed by atoms with Crippen LogP contribution in [0.2, 0.25) is 5.02 Å². The molecule has 0 aliphatic heterocycles. The van der Waals surface area contributed by atoms with Gasteiger partial charge in [-0.05, 0) is 35.7 Å². The minimum absolute atomic E-state index is 0.113. The molecule has 1 unspecified atom stereocenters. The summed E-state index contributed by atoms with van der Waals surface area (Å²) in [7, 11) is 0. The quantitative estimate of drug-likeness (QED) is 0.901. The van der Waals surface area contributed by atoms with Gasteiger partial charge in [0, 0.05) is 17.0 Å². The van der Waals surface area contributed by atoms with Crippen molar-refractivity contribution in [3.05, 3.63) is 70.2 Å². The number of rotatable bonds is 4. The van der Waals surface area contributed by atoms with E-state index in [9.17, 15) is 13.9 Å². The molecule has 0 aromatic heterocycles. The van der Waals surface area contributed by atoms with E-state index in [0.29, 0.717) is 17.0 Å². The highest BCUT2D eigenvalue weighted by atomic mass is 35.5. The Morgan fingerprint density at radius 3 is 2.32 bits per heavy atom. The van der Waals surface area contributed by atoms with Crippen LogP contribution in [0.4, 0.5) is 8.78 Å². The summed E-state index contributed by atoms with van der Waals surface area (Å²) in [5, 5.41) is 10.0. The zero-order valence-corrected chi connectivity index (χ0v) is 10.9. The van der Waals surface area contributed by atoms with E-state index in [4.69, 9.17) is 11.6 Å². The first-order valence-corrected chi connectivity index (χ1v) is 6.28. The Morgan fingerprint density at radius 1 is 1.05 bits per heavy atom. The van der Waals surface area contributed by atoms with Crippen LogP contribution in [0.25, 0.3) is 0 Å². The van der Waals surface area contributed by atoms with Gasteiger partial charge >= 0.3 is 0 Å². The fourth-order valence-electron chi connectivity index (χ4n) is 1.98. The highest BCUT2D eigenvalue weighted by Crippen LogP contribution is 2.23. The summed E-state index contributed by atoms with van der Waals surface area (Å²) in [5.74, 6) is -1.43. The van der Waals surface area contributed by atoms with E-state index in [0.717, 1.165) is 11.6 Å². The Labute approximate surface area is 115 Å². The third kappa shape index (κ3) is 3.52. The molecule has 0 saturated carbocycles. The molecule has 2 aromatic carbocycles. The first-order valence-electron chi connectivity index (χ1n) is 5.90. The lowest BCUT2D eigenvalue weighted by Gasteiger charge is -2.15. The maximum absolute atomic E-state index is 13.6. The van der Waals surface area contributed by atoms with Crippen molar-refractivity contribution in [2.75, 3.05) is 6.61 Å². The second-order valence-corrected chi connectivity index (χ2v) is 4.81. The molecule has 1 N–H and O–H groups in total. The zero-order chi connectivity index (χ0) is 13.8. The van der Waals surface area contributed by atoms with E-state index in [2.05, 4.69) is 0 Å². The van der Waals surface area contributed by atoms with Crippen molar-refractivity contribution in [2.24, 2.45) is 0 Å². The van der Waals surface area contributed by atoms with E-state index in [1.54, 1.807) is 24.3 Å². The lowest BCUT2D eigenvalue weighted by atomic mass is 9.92.